The van der Waals surface area contributed by atoms with Crippen LogP contribution in [-0.2, 0) is 0 Å². The van der Waals surface area contributed by atoms with Crippen molar-refractivity contribution in [3.63, 3.8) is 0 Å². The van der Waals surface area contributed by atoms with Crippen LogP contribution in [0.25, 0.3) is 10.9 Å². The predicted molar refractivity (Wildman–Crippen MR) is 56.6 cm³/mol. The first-order chi connectivity index (χ1) is 6.16. The highest BCUT2D eigenvalue weighted by Gasteiger charge is 2.03. The minimum atomic E-state index is -0.318. The Morgan fingerprint density at radius 2 is 2.08 bits per heavy atom. The number of hydrogen-bond acceptors (Lipinski definition) is 3. The van der Waals surface area contributed by atoms with Gasteiger partial charge in [-0.05, 0) is 34.7 Å². The zero-order valence-electron chi connectivity index (χ0n) is 6.46. The minimum Gasteiger partial charge on any atom is -0.368 e. The molecule has 0 spiro atoms. The molecule has 0 saturated carbocycles. The molecule has 1 aromatic heterocycles. The summed E-state index contributed by atoms with van der Waals surface area (Å²) in [7, 11) is 0. The fourth-order valence-corrected chi connectivity index (χ4v) is 1.78. The maximum Gasteiger partial charge on any atom is 0.221 e. The number of fused-ring (bicyclic) bond motifs is 1. The topological polar surface area (TPSA) is 51.8 Å². The average molecular weight is 289 g/mol. The van der Waals surface area contributed by atoms with Crippen LogP contribution in [0.15, 0.2) is 18.2 Å². The Bertz CT molecular complexity index is 467. The summed E-state index contributed by atoms with van der Waals surface area (Å²) in [5.74, 6) is -0.149. The number of rotatable bonds is 0. The quantitative estimate of drug-likeness (QED) is 0.596. The number of halogens is 2. The van der Waals surface area contributed by atoms with Crippen LogP contribution >= 0.6 is 22.6 Å². The van der Waals surface area contributed by atoms with E-state index < -0.39 is 0 Å². The lowest BCUT2D eigenvalue weighted by Crippen LogP contribution is -1.97. The van der Waals surface area contributed by atoms with Crippen molar-refractivity contribution in [2.75, 3.05) is 5.73 Å². The Morgan fingerprint density at radius 3 is 2.85 bits per heavy atom. The van der Waals surface area contributed by atoms with E-state index in [0.29, 0.717) is 5.52 Å². The molecule has 0 bridgehead atoms. The molecule has 0 aliphatic rings. The molecule has 1 heterocycles. The summed E-state index contributed by atoms with van der Waals surface area (Å²) in [5.41, 5.74) is 5.96. The second-order valence-electron chi connectivity index (χ2n) is 2.53. The van der Waals surface area contributed by atoms with Crippen molar-refractivity contribution in [3.05, 3.63) is 27.7 Å². The second-order valence-corrected chi connectivity index (χ2v) is 3.56. The Hall–Kier alpha value is -0.980. The molecule has 1 aromatic carbocycles. The predicted octanol–water partition coefficient (Wildman–Crippen LogP) is 1.96. The first-order valence-electron chi connectivity index (χ1n) is 3.55. The molecule has 0 aliphatic carbocycles. The average Bonchev–Trinajstić information content (AvgIpc) is 2.02. The van der Waals surface area contributed by atoms with E-state index in [1.165, 1.54) is 12.1 Å². The molecule has 0 saturated heterocycles. The molecular weight excluding hydrogens is 284 g/mol. The maximum atomic E-state index is 12.8. The second kappa shape index (κ2) is 3.06. The van der Waals surface area contributed by atoms with Crippen molar-refractivity contribution in [2.45, 2.75) is 0 Å². The van der Waals surface area contributed by atoms with E-state index >= 15 is 0 Å². The first kappa shape index (κ1) is 8.61. The van der Waals surface area contributed by atoms with Gasteiger partial charge in [0.1, 0.15) is 9.52 Å². The van der Waals surface area contributed by atoms with Crippen molar-refractivity contribution in [2.24, 2.45) is 0 Å². The lowest BCUT2D eigenvalue weighted by Gasteiger charge is -2.00. The third-order valence-corrected chi connectivity index (χ3v) is 2.45. The minimum absolute atomic E-state index is 0.169. The zero-order chi connectivity index (χ0) is 9.42. The van der Waals surface area contributed by atoms with Gasteiger partial charge in [-0.3, -0.25) is 0 Å². The van der Waals surface area contributed by atoms with Gasteiger partial charge in [0.2, 0.25) is 5.95 Å². The molecule has 2 N–H and O–H groups in total. The van der Waals surface area contributed by atoms with Gasteiger partial charge in [-0.1, -0.05) is 0 Å². The van der Waals surface area contributed by atoms with Crippen LogP contribution in [0, 0.1) is 9.52 Å². The van der Waals surface area contributed by atoms with E-state index in [9.17, 15) is 4.39 Å². The van der Waals surface area contributed by atoms with E-state index in [4.69, 9.17) is 5.73 Å². The largest absolute Gasteiger partial charge is 0.368 e. The number of nitrogens with zero attached hydrogens (tertiary/aromatic N) is 2. The van der Waals surface area contributed by atoms with Gasteiger partial charge in [-0.2, -0.15) is 0 Å². The first-order valence-corrected chi connectivity index (χ1v) is 4.63. The Balaban J connectivity index is 2.86. The van der Waals surface area contributed by atoms with E-state index in [-0.39, 0.29) is 11.8 Å². The van der Waals surface area contributed by atoms with E-state index in [1.807, 2.05) is 22.6 Å². The normalized spacial score (nSPS) is 10.6. The summed E-state index contributed by atoms with van der Waals surface area (Å²) < 4.78 is 13.5. The van der Waals surface area contributed by atoms with Crippen LogP contribution in [0.2, 0.25) is 0 Å². The lowest BCUT2D eigenvalue weighted by atomic mass is 10.2. The Morgan fingerprint density at radius 1 is 1.31 bits per heavy atom. The molecule has 2 rings (SSSR count). The molecule has 13 heavy (non-hydrogen) atoms. The Labute approximate surface area is 87.3 Å². The van der Waals surface area contributed by atoms with Crippen LogP contribution in [-0.4, -0.2) is 9.97 Å². The van der Waals surface area contributed by atoms with Gasteiger partial charge in [-0.15, -0.1) is 0 Å². The lowest BCUT2D eigenvalue weighted by molar-refractivity contribution is 0.629. The molecule has 0 amide bonds. The van der Waals surface area contributed by atoms with Crippen LogP contribution in [0.3, 0.4) is 0 Å². The Kier molecular flexibility index (Phi) is 2.03. The van der Waals surface area contributed by atoms with Gasteiger partial charge >= 0.3 is 0 Å². The van der Waals surface area contributed by atoms with Gasteiger partial charge in [0.05, 0.1) is 5.52 Å². The fraction of sp³-hybridized carbons (Fsp3) is 0. The smallest absolute Gasteiger partial charge is 0.221 e. The van der Waals surface area contributed by atoms with Crippen LogP contribution in [0.4, 0.5) is 10.3 Å². The summed E-state index contributed by atoms with van der Waals surface area (Å²) in [6.45, 7) is 0. The summed E-state index contributed by atoms with van der Waals surface area (Å²) in [4.78, 5) is 7.88. The number of aromatic nitrogens is 2. The zero-order valence-corrected chi connectivity index (χ0v) is 8.62. The van der Waals surface area contributed by atoms with Crippen molar-refractivity contribution < 1.29 is 4.39 Å². The number of nitrogens with two attached hydrogens (primary N) is 1. The monoisotopic (exact) mass is 289 g/mol. The van der Waals surface area contributed by atoms with Gasteiger partial charge in [0, 0.05) is 11.5 Å². The van der Waals surface area contributed by atoms with Crippen molar-refractivity contribution in [3.8, 4) is 0 Å². The maximum absolute atomic E-state index is 12.8. The number of anilines is 1. The standard InChI is InChI=1S/C8H5FIN3/c9-4-1-2-5-6(3-4)12-8(11)13-7(5)10/h1-3H,(H2,11,12,13). The molecule has 0 unspecified atom stereocenters. The summed E-state index contributed by atoms with van der Waals surface area (Å²) in [6, 6.07) is 4.37. The van der Waals surface area contributed by atoms with Crippen LogP contribution < -0.4 is 5.73 Å². The van der Waals surface area contributed by atoms with Gasteiger partial charge in [0.15, 0.2) is 0 Å². The molecule has 0 atom stereocenters. The summed E-state index contributed by atoms with van der Waals surface area (Å²) in [6.07, 6.45) is 0. The van der Waals surface area contributed by atoms with Gasteiger partial charge < -0.3 is 5.73 Å². The summed E-state index contributed by atoms with van der Waals surface area (Å²) in [5, 5.41) is 0.816. The van der Waals surface area contributed by atoms with E-state index in [1.54, 1.807) is 6.07 Å². The van der Waals surface area contributed by atoms with Crippen molar-refractivity contribution >= 4 is 39.4 Å². The number of hydrogen-bond donors (Lipinski definition) is 1. The van der Waals surface area contributed by atoms with Crippen molar-refractivity contribution in [1.29, 1.82) is 0 Å². The number of benzene rings is 1. The van der Waals surface area contributed by atoms with E-state index in [2.05, 4.69) is 9.97 Å². The molecule has 2 aromatic rings. The van der Waals surface area contributed by atoms with E-state index in [0.717, 1.165) is 9.09 Å². The van der Waals surface area contributed by atoms with Crippen LogP contribution in [0.5, 0.6) is 0 Å². The molecular formula is C8H5FIN3. The highest BCUT2D eigenvalue weighted by molar-refractivity contribution is 14.1. The number of nitrogen functional groups attached to an aromatic ring is 1. The van der Waals surface area contributed by atoms with Gasteiger partial charge in [-0.25, -0.2) is 14.4 Å². The van der Waals surface area contributed by atoms with Crippen molar-refractivity contribution in [1.82, 2.24) is 9.97 Å². The molecule has 0 fully saturated rings. The third-order valence-electron chi connectivity index (χ3n) is 1.63. The summed E-state index contributed by atoms with van der Waals surface area (Å²) >= 11 is 2.04. The van der Waals surface area contributed by atoms with Gasteiger partial charge in [0.25, 0.3) is 0 Å². The fourth-order valence-electron chi connectivity index (χ4n) is 1.08. The molecule has 0 radical (unpaired) electrons. The highest BCUT2D eigenvalue weighted by atomic mass is 127. The third kappa shape index (κ3) is 1.55. The molecule has 3 nitrogen and oxygen atoms in total. The molecule has 0 aliphatic heterocycles. The molecule has 66 valence electrons. The highest BCUT2D eigenvalue weighted by Crippen LogP contribution is 2.18. The van der Waals surface area contributed by atoms with Crippen LogP contribution in [0.1, 0.15) is 0 Å². The molecule has 5 heteroatoms. The SMILES string of the molecule is Nc1nc(I)c2ccc(F)cc2n1.